The summed E-state index contributed by atoms with van der Waals surface area (Å²) in [6, 6.07) is 0. The zero-order valence-electron chi connectivity index (χ0n) is 8.02. The van der Waals surface area contributed by atoms with Crippen molar-refractivity contribution < 1.29 is 9.53 Å². The third kappa shape index (κ3) is 1.68. The molecule has 1 aliphatic rings. The molecule has 1 rings (SSSR count). The van der Waals surface area contributed by atoms with Gasteiger partial charge < -0.3 is 4.74 Å². The highest BCUT2D eigenvalue weighted by Gasteiger charge is 2.35. The number of esters is 1. The molecule has 0 fully saturated rings. The van der Waals surface area contributed by atoms with Gasteiger partial charge in [-0.25, -0.2) is 0 Å². The molecule has 12 heavy (non-hydrogen) atoms. The molecule has 0 aromatic heterocycles. The van der Waals surface area contributed by atoms with Crippen molar-refractivity contribution in [3.8, 4) is 0 Å². The maximum atomic E-state index is 11.4. The van der Waals surface area contributed by atoms with Crippen molar-refractivity contribution >= 4 is 5.97 Å². The normalized spacial score (nSPS) is 29.4. The maximum Gasteiger partial charge on any atom is 0.311 e. The first-order valence-corrected chi connectivity index (χ1v) is 4.32. The molecule has 1 unspecified atom stereocenters. The standard InChI is InChI=1S/C10H16O2/c1-8-5-4-6-10(2,7-8)9(11)12-3/h5H,4,6-7H2,1-3H3. The van der Waals surface area contributed by atoms with E-state index in [0.717, 1.165) is 19.3 Å². The molecule has 68 valence electrons. The molecule has 0 bridgehead atoms. The van der Waals surface area contributed by atoms with Crippen LogP contribution in [0.25, 0.3) is 0 Å². The van der Waals surface area contributed by atoms with Crippen LogP contribution in [0.15, 0.2) is 11.6 Å². The summed E-state index contributed by atoms with van der Waals surface area (Å²) in [5, 5.41) is 0. The number of rotatable bonds is 1. The molecule has 0 spiro atoms. The van der Waals surface area contributed by atoms with Crippen LogP contribution in [0, 0.1) is 5.41 Å². The summed E-state index contributed by atoms with van der Waals surface area (Å²) >= 11 is 0. The molecule has 0 aromatic carbocycles. The van der Waals surface area contributed by atoms with Crippen molar-refractivity contribution in [2.45, 2.75) is 33.1 Å². The largest absolute Gasteiger partial charge is 0.469 e. The van der Waals surface area contributed by atoms with Gasteiger partial charge in [0.25, 0.3) is 0 Å². The molecule has 1 atom stereocenters. The summed E-state index contributed by atoms with van der Waals surface area (Å²) in [7, 11) is 1.46. The molecular weight excluding hydrogens is 152 g/mol. The molecular formula is C10H16O2. The third-order valence-electron chi connectivity index (χ3n) is 2.54. The Morgan fingerprint density at radius 3 is 2.83 bits per heavy atom. The predicted molar refractivity (Wildman–Crippen MR) is 47.7 cm³/mol. The lowest BCUT2D eigenvalue weighted by Gasteiger charge is -2.29. The second-order valence-corrected chi connectivity index (χ2v) is 3.82. The van der Waals surface area contributed by atoms with Crippen LogP contribution in [0.2, 0.25) is 0 Å². The van der Waals surface area contributed by atoms with Crippen molar-refractivity contribution in [2.24, 2.45) is 5.41 Å². The second kappa shape index (κ2) is 3.30. The van der Waals surface area contributed by atoms with Crippen LogP contribution in [0.1, 0.15) is 33.1 Å². The first kappa shape index (κ1) is 9.30. The monoisotopic (exact) mass is 168 g/mol. The van der Waals surface area contributed by atoms with Crippen molar-refractivity contribution in [3.63, 3.8) is 0 Å². The number of hydrogen-bond donors (Lipinski definition) is 0. The topological polar surface area (TPSA) is 26.3 Å². The third-order valence-corrected chi connectivity index (χ3v) is 2.54. The van der Waals surface area contributed by atoms with Gasteiger partial charge in [0.15, 0.2) is 0 Å². The van der Waals surface area contributed by atoms with E-state index >= 15 is 0 Å². The zero-order chi connectivity index (χ0) is 9.19. The average molecular weight is 168 g/mol. The van der Waals surface area contributed by atoms with Crippen LogP contribution >= 0.6 is 0 Å². The summed E-state index contributed by atoms with van der Waals surface area (Å²) in [5.41, 5.74) is 1.03. The Labute approximate surface area is 73.6 Å². The summed E-state index contributed by atoms with van der Waals surface area (Å²) in [4.78, 5) is 11.4. The minimum absolute atomic E-state index is 0.0741. The maximum absolute atomic E-state index is 11.4. The first-order chi connectivity index (χ1) is 5.58. The second-order valence-electron chi connectivity index (χ2n) is 3.82. The van der Waals surface area contributed by atoms with E-state index in [-0.39, 0.29) is 11.4 Å². The van der Waals surface area contributed by atoms with Crippen LogP contribution in [-0.2, 0) is 9.53 Å². The number of ether oxygens (including phenoxy) is 1. The average Bonchev–Trinajstić information content (AvgIpc) is 2.02. The van der Waals surface area contributed by atoms with Gasteiger partial charge in [-0.3, -0.25) is 4.79 Å². The molecule has 2 heteroatoms. The minimum Gasteiger partial charge on any atom is -0.469 e. The van der Waals surface area contributed by atoms with Gasteiger partial charge >= 0.3 is 5.97 Å². The molecule has 0 saturated carbocycles. The first-order valence-electron chi connectivity index (χ1n) is 4.32. The lowest BCUT2D eigenvalue weighted by atomic mass is 9.76. The van der Waals surface area contributed by atoms with Crippen molar-refractivity contribution in [1.82, 2.24) is 0 Å². The molecule has 0 heterocycles. The Morgan fingerprint density at radius 1 is 1.67 bits per heavy atom. The fourth-order valence-corrected chi connectivity index (χ4v) is 1.83. The van der Waals surface area contributed by atoms with Crippen molar-refractivity contribution in [1.29, 1.82) is 0 Å². The van der Waals surface area contributed by atoms with E-state index in [1.54, 1.807) is 0 Å². The summed E-state index contributed by atoms with van der Waals surface area (Å²) in [5.74, 6) is -0.0741. The Balaban J connectivity index is 2.73. The summed E-state index contributed by atoms with van der Waals surface area (Å²) < 4.78 is 4.77. The van der Waals surface area contributed by atoms with Crippen molar-refractivity contribution in [2.75, 3.05) is 7.11 Å². The van der Waals surface area contributed by atoms with Crippen LogP contribution < -0.4 is 0 Å². The molecule has 0 amide bonds. The Morgan fingerprint density at radius 2 is 2.33 bits per heavy atom. The fourth-order valence-electron chi connectivity index (χ4n) is 1.83. The van der Waals surface area contributed by atoms with E-state index in [1.165, 1.54) is 12.7 Å². The molecule has 1 aliphatic carbocycles. The van der Waals surface area contributed by atoms with Crippen LogP contribution in [0.4, 0.5) is 0 Å². The van der Waals surface area contributed by atoms with Gasteiger partial charge in [-0.15, -0.1) is 0 Å². The molecule has 0 saturated heterocycles. The smallest absolute Gasteiger partial charge is 0.311 e. The lowest BCUT2D eigenvalue weighted by Crippen LogP contribution is -2.30. The summed E-state index contributed by atoms with van der Waals surface area (Å²) in [6.45, 7) is 4.05. The van der Waals surface area contributed by atoms with Gasteiger partial charge in [0.2, 0.25) is 0 Å². The highest BCUT2D eigenvalue weighted by molar-refractivity contribution is 5.76. The Kier molecular flexibility index (Phi) is 2.55. The Bertz CT molecular complexity index is 218. The van der Waals surface area contributed by atoms with Crippen LogP contribution in [-0.4, -0.2) is 13.1 Å². The van der Waals surface area contributed by atoms with E-state index in [0.29, 0.717) is 0 Å². The fraction of sp³-hybridized carbons (Fsp3) is 0.700. The van der Waals surface area contributed by atoms with Crippen molar-refractivity contribution in [3.05, 3.63) is 11.6 Å². The molecule has 2 nitrogen and oxygen atoms in total. The van der Waals surface area contributed by atoms with Gasteiger partial charge in [-0.2, -0.15) is 0 Å². The van der Waals surface area contributed by atoms with E-state index in [1.807, 2.05) is 6.92 Å². The number of carbonyl (C=O) groups is 1. The van der Waals surface area contributed by atoms with Crippen LogP contribution in [0.3, 0.4) is 0 Å². The van der Waals surface area contributed by atoms with Gasteiger partial charge in [-0.05, 0) is 33.1 Å². The SMILES string of the molecule is COC(=O)C1(C)CCC=C(C)C1. The number of carbonyl (C=O) groups excluding carboxylic acids is 1. The van der Waals surface area contributed by atoms with Crippen LogP contribution in [0.5, 0.6) is 0 Å². The van der Waals surface area contributed by atoms with E-state index in [2.05, 4.69) is 13.0 Å². The van der Waals surface area contributed by atoms with Gasteiger partial charge in [0, 0.05) is 0 Å². The van der Waals surface area contributed by atoms with E-state index in [9.17, 15) is 4.79 Å². The van der Waals surface area contributed by atoms with Gasteiger partial charge in [-0.1, -0.05) is 11.6 Å². The predicted octanol–water partition coefficient (Wildman–Crippen LogP) is 2.30. The molecule has 0 aliphatic heterocycles. The minimum atomic E-state index is -0.270. The quantitative estimate of drug-likeness (QED) is 0.443. The number of hydrogen-bond acceptors (Lipinski definition) is 2. The lowest BCUT2D eigenvalue weighted by molar-refractivity contribution is -0.152. The zero-order valence-corrected chi connectivity index (χ0v) is 8.02. The van der Waals surface area contributed by atoms with Gasteiger partial charge in [0.1, 0.15) is 0 Å². The number of methoxy groups -OCH3 is 1. The van der Waals surface area contributed by atoms with E-state index < -0.39 is 0 Å². The highest BCUT2D eigenvalue weighted by Crippen LogP contribution is 2.36. The molecule has 0 radical (unpaired) electrons. The molecule has 0 aromatic rings. The van der Waals surface area contributed by atoms with Gasteiger partial charge in [0.05, 0.1) is 12.5 Å². The Hall–Kier alpha value is -0.790. The van der Waals surface area contributed by atoms with E-state index in [4.69, 9.17) is 4.74 Å². The number of allylic oxidation sites excluding steroid dienone is 2. The summed E-state index contributed by atoms with van der Waals surface area (Å²) in [6.07, 6.45) is 4.96. The molecule has 0 N–H and O–H groups in total. The highest BCUT2D eigenvalue weighted by atomic mass is 16.5.